The van der Waals surface area contributed by atoms with Crippen LogP contribution in [0.4, 0.5) is 0 Å². The Morgan fingerprint density at radius 2 is 1.88 bits per heavy atom. The van der Waals surface area contributed by atoms with Gasteiger partial charge in [-0.05, 0) is 40.0 Å². The van der Waals surface area contributed by atoms with Gasteiger partial charge in [-0.25, -0.2) is 0 Å². The van der Waals surface area contributed by atoms with E-state index in [0.29, 0.717) is 0 Å². The van der Waals surface area contributed by atoms with Crippen LogP contribution in [0.15, 0.2) is 0 Å². The molecule has 0 aliphatic rings. The summed E-state index contributed by atoms with van der Waals surface area (Å²) in [6.07, 6.45) is 6.91. The predicted molar refractivity (Wildman–Crippen MR) is 70.8 cm³/mol. The second-order valence-corrected chi connectivity index (χ2v) is 4.86. The molecule has 3 heteroatoms. The minimum absolute atomic E-state index is 0.156. The molecular formula is C13H30N2O. The molecule has 0 amide bonds. The van der Waals surface area contributed by atoms with E-state index >= 15 is 0 Å². The Labute approximate surface area is 101 Å². The smallest absolute Gasteiger partial charge is 0.0664 e. The fourth-order valence-electron chi connectivity index (χ4n) is 1.70. The molecule has 0 radical (unpaired) electrons. The fraction of sp³-hybridized carbons (Fsp3) is 1.00. The summed E-state index contributed by atoms with van der Waals surface area (Å²) in [5.41, 5.74) is 0. The SMILES string of the molecule is CCCCCCC(O)CNCCCN(C)C. The predicted octanol–water partition coefficient (Wildman–Crippen LogP) is 1.86. The molecule has 0 heterocycles. The second-order valence-electron chi connectivity index (χ2n) is 4.86. The lowest BCUT2D eigenvalue weighted by Gasteiger charge is -2.13. The van der Waals surface area contributed by atoms with Gasteiger partial charge in [0.1, 0.15) is 0 Å². The van der Waals surface area contributed by atoms with Gasteiger partial charge in [0.05, 0.1) is 6.10 Å². The minimum Gasteiger partial charge on any atom is -0.392 e. The Morgan fingerprint density at radius 1 is 1.12 bits per heavy atom. The van der Waals surface area contributed by atoms with Crippen LogP contribution in [0.25, 0.3) is 0 Å². The quantitative estimate of drug-likeness (QED) is 0.532. The summed E-state index contributed by atoms with van der Waals surface area (Å²) in [5.74, 6) is 0. The van der Waals surface area contributed by atoms with Gasteiger partial charge in [0.25, 0.3) is 0 Å². The zero-order valence-electron chi connectivity index (χ0n) is 11.3. The Bertz CT molecular complexity index is 140. The molecule has 0 saturated heterocycles. The first kappa shape index (κ1) is 15.9. The zero-order chi connectivity index (χ0) is 12.2. The topological polar surface area (TPSA) is 35.5 Å². The van der Waals surface area contributed by atoms with Crippen LogP contribution < -0.4 is 5.32 Å². The molecule has 1 unspecified atom stereocenters. The number of nitrogens with zero attached hydrogens (tertiary/aromatic N) is 1. The van der Waals surface area contributed by atoms with Gasteiger partial charge in [-0.1, -0.05) is 32.6 Å². The van der Waals surface area contributed by atoms with Gasteiger partial charge in [0.15, 0.2) is 0 Å². The first-order valence-corrected chi connectivity index (χ1v) is 6.70. The van der Waals surface area contributed by atoms with Crippen molar-refractivity contribution in [1.29, 1.82) is 0 Å². The van der Waals surface area contributed by atoms with Gasteiger partial charge in [-0.3, -0.25) is 0 Å². The number of rotatable bonds is 11. The molecule has 0 spiro atoms. The monoisotopic (exact) mass is 230 g/mol. The van der Waals surface area contributed by atoms with Crippen molar-refractivity contribution >= 4 is 0 Å². The van der Waals surface area contributed by atoms with E-state index in [0.717, 1.165) is 38.9 Å². The van der Waals surface area contributed by atoms with Gasteiger partial charge in [0.2, 0.25) is 0 Å². The number of unbranched alkanes of at least 4 members (excludes halogenated alkanes) is 3. The summed E-state index contributed by atoms with van der Waals surface area (Å²) in [7, 11) is 4.17. The summed E-state index contributed by atoms with van der Waals surface area (Å²) >= 11 is 0. The largest absolute Gasteiger partial charge is 0.392 e. The first-order valence-electron chi connectivity index (χ1n) is 6.70. The van der Waals surface area contributed by atoms with Crippen LogP contribution in [-0.4, -0.2) is 49.8 Å². The zero-order valence-corrected chi connectivity index (χ0v) is 11.3. The average Bonchev–Trinajstić information content (AvgIpc) is 2.23. The molecule has 98 valence electrons. The van der Waals surface area contributed by atoms with E-state index in [-0.39, 0.29) is 6.10 Å². The molecular weight excluding hydrogens is 200 g/mol. The highest BCUT2D eigenvalue weighted by atomic mass is 16.3. The van der Waals surface area contributed by atoms with E-state index < -0.39 is 0 Å². The van der Waals surface area contributed by atoms with Crippen LogP contribution in [0.1, 0.15) is 45.4 Å². The van der Waals surface area contributed by atoms with Gasteiger partial charge >= 0.3 is 0 Å². The van der Waals surface area contributed by atoms with Crippen LogP contribution in [-0.2, 0) is 0 Å². The Morgan fingerprint density at radius 3 is 2.50 bits per heavy atom. The number of hydrogen-bond acceptors (Lipinski definition) is 3. The molecule has 1 atom stereocenters. The summed E-state index contributed by atoms with van der Waals surface area (Å²) in [5, 5.41) is 13.0. The van der Waals surface area contributed by atoms with Gasteiger partial charge in [-0.2, -0.15) is 0 Å². The van der Waals surface area contributed by atoms with Crippen molar-refractivity contribution < 1.29 is 5.11 Å². The molecule has 0 fully saturated rings. The first-order chi connectivity index (χ1) is 7.66. The third-order valence-electron chi connectivity index (χ3n) is 2.73. The highest BCUT2D eigenvalue weighted by Gasteiger charge is 2.02. The Balaban J connectivity index is 3.14. The summed E-state index contributed by atoms with van der Waals surface area (Å²) < 4.78 is 0. The molecule has 0 aromatic rings. The summed E-state index contributed by atoms with van der Waals surface area (Å²) in [4.78, 5) is 2.18. The maximum atomic E-state index is 9.68. The van der Waals surface area contributed by atoms with Crippen molar-refractivity contribution in [3.05, 3.63) is 0 Å². The minimum atomic E-state index is -0.156. The summed E-state index contributed by atoms with van der Waals surface area (Å²) in [6.45, 7) is 5.08. The second kappa shape index (κ2) is 11.4. The van der Waals surface area contributed by atoms with E-state index in [2.05, 4.69) is 31.2 Å². The van der Waals surface area contributed by atoms with Gasteiger partial charge < -0.3 is 15.3 Å². The Kier molecular flexibility index (Phi) is 11.3. The maximum absolute atomic E-state index is 9.68. The van der Waals surface area contributed by atoms with E-state index in [9.17, 15) is 5.11 Å². The number of hydrogen-bond donors (Lipinski definition) is 2. The van der Waals surface area contributed by atoms with Crippen molar-refractivity contribution in [3.63, 3.8) is 0 Å². The fourth-order valence-corrected chi connectivity index (χ4v) is 1.70. The maximum Gasteiger partial charge on any atom is 0.0664 e. The highest BCUT2D eigenvalue weighted by Crippen LogP contribution is 2.04. The van der Waals surface area contributed by atoms with Crippen molar-refractivity contribution in [3.8, 4) is 0 Å². The molecule has 0 aliphatic heterocycles. The van der Waals surface area contributed by atoms with Crippen molar-refractivity contribution in [1.82, 2.24) is 10.2 Å². The van der Waals surface area contributed by atoms with Crippen molar-refractivity contribution in [2.24, 2.45) is 0 Å². The highest BCUT2D eigenvalue weighted by molar-refractivity contribution is 4.60. The number of aliphatic hydroxyl groups excluding tert-OH is 1. The van der Waals surface area contributed by atoms with Crippen LogP contribution in [0.3, 0.4) is 0 Å². The molecule has 3 nitrogen and oxygen atoms in total. The lowest BCUT2D eigenvalue weighted by molar-refractivity contribution is 0.157. The molecule has 2 N–H and O–H groups in total. The van der Waals surface area contributed by atoms with E-state index in [1.165, 1.54) is 19.3 Å². The van der Waals surface area contributed by atoms with E-state index in [1.807, 2.05) is 0 Å². The van der Waals surface area contributed by atoms with Gasteiger partial charge in [-0.15, -0.1) is 0 Å². The normalized spacial score (nSPS) is 13.3. The van der Waals surface area contributed by atoms with E-state index in [1.54, 1.807) is 0 Å². The molecule has 0 saturated carbocycles. The molecule has 16 heavy (non-hydrogen) atoms. The lowest BCUT2D eigenvalue weighted by atomic mass is 10.1. The molecule has 0 aromatic heterocycles. The van der Waals surface area contributed by atoms with Crippen LogP contribution in [0, 0.1) is 0 Å². The molecule has 0 bridgehead atoms. The Hall–Kier alpha value is -0.120. The third kappa shape index (κ3) is 12.0. The molecule has 0 aliphatic carbocycles. The van der Waals surface area contributed by atoms with Crippen LogP contribution in [0.5, 0.6) is 0 Å². The standard InChI is InChI=1S/C13H30N2O/c1-4-5-6-7-9-13(16)12-14-10-8-11-15(2)3/h13-14,16H,4-12H2,1-3H3. The van der Waals surface area contributed by atoms with Crippen molar-refractivity contribution in [2.45, 2.75) is 51.6 Å². The van der Waals surface area contributed by atoms with Crippen molar-refractivity contribution in [2.75, 3.05) is 33.7 Å². The van der Waals surface area contributed by atoms with Gasteiger partial charge in [0, 0.05) is 6.54 Å². The third-order valence-corrected chi connectivity index (χ3v) is 2.73. The molecule has 0 aromatic carbocycles. The van der Waals surface area contributed by atoms with Crippen LogP contribution >= 0.6 is 0 Å². The number of aliphatic hydroxyl groups is 1. The number of nitrogens with one attached hydrogen (secondary N) is 1. The van der Waals surface area contributed by atoms with Crippen LogP contribution in [0.2, 0.25) is 0 Å². The average molecular weight is 230 g/mol. The van der Waals surface area contributed by atoms with E-state index in [4.69, 9.17) is 0 Å². The lowest BCUT2D eigenvalue weighted by Crippen LogP contribution is -2.29. The molecule has 0 rings (SSSR count). The summed E-state index contributed by atoms with van der Waals surface area (Å²) in [6, 6.07) is 0.